The lowest BCUT2D eigenvalue weighted by Gasteiger charge is -2.45. The molecule has 1 aliphatic rings. The van der Waals surface area contributed by atoms with Crippen molar-refractivity contribution >= 4 is 17.3 Å². The topological polar surface area (TPSA) is 24.5 Å². The molecule has 1 N–H and O–H groups in total. The molecule has 1 aliphatic heterocycles. The van der Waals surface area contributed by atoms with E-state index in [9.17, 15) is 0 Å². The maximum atomic E-state index is 6.40. The van der Waals surface area contributed by atoms with Crippen LogP contribution in [0.15, 0.2) is 18.2 Å². The minimum Gasteiger partial charge on any atom is -0.497 e. The highest BCUT2D eigenvalue weighted by Gasteiger charge is 2.33. The van der Waals surface area contributed by atoms with Crippen molar-refractivity contribution in [3.05, 3.63) is 23.2 Å². The molecule has 0 spiro atoms. The lowest BCUT2D eigenvalue weighted by atomic mass is 9.84. The Kier molecular flexibility index (Phi) is 4.50. The summed E-state index contributed by atoms with van der Waals surface area (Å²) in [6.07, 6.45) is 0. The summed E-state index contributed by atoms with van der Waals surface area (Å²) in [5.74, 6) is 0.849. The van der Waals surface area contributed by atoms with Gasteiger partial charge in [-0.2, -0.15) is 0 Å². The molecule has 1 aromatic carbocycles. The molecule has 1 aromatic rings. The van der Waals surface area contributed by atoms with Crippen LogP contribution >= 0.6 is 11.6 Å². The smallest absolute Gasteiger partial charge is 0.121 e. The van der Waals surface area contributed by atoms with E-state index in [0.29, 0.717) is 12.1 Å². The van der Waals surface area contributed by atoms with E-state index in [0.717, 1.165) is 29.5 Å². The van der Waals surface area contributed by atoms with Gasteiger partial charge in [-0.15, -0.1) is 0 Å². The van der Waals surface area contributed by atoms with Crippen LogP contribution in [0, 0.1) is 5.41 Å². The summed E-state index contributed by atoms with van der Waals surface area (Å²) >= 11 is 6.40. The third kappa shape index (κ3) is 3.21. The van der Waals surface area contributed by atoms with Gasteiger partial charge in [-0.1, -0.05) is 32.4 Å². The number of piperazine rings is 1. The van der Waals surface area contributed by atoms with Gasteiger partial charge in [-0.25, -0.2) is 0 Å². The van der Waals surface area contributed by atoms with E-state index in [2.05, 4.69) is 37.9 Å². The van der Waals surface area contributed by atoms with Crippen molar-refractivity contribution in [2.24, 2.45) is 5.41 Å². The van der Waals surface area contributed by atoms with Crippen molar-refractivity contribution in [3.8, 4) is 5.75 Å². The third-order valence-corrected chi connectivity index (χ3v) is 4.40. The summed E-state index contributed by atoms with van der Waals surface area (Å²) < 4.78 is 5.33. The van der Waals surface area contributed by atoms with Crippen LogP contribution in [-0.4, -0.2) is 32.3 Å². The van der Waals surface area contributed by atoms with Crippen molar-refractivity contribution in [1.82, 2.24) is 5.32 Å². The Balaban J connectivity index is 2.29. The van der Waals surface area contributed by atoms with Gasteiger partial charge in [0.05, 0.1) is 17.8 Å². The molecule has 0 saturated carbocycles. The molecule has 112 valence electrons. The summed E-state index contributed by atoms with van der Waals surface area (Å²) in [5.41, 5.74) is 1.29. The van der Waals surface area contributed by atoms with Crippen molar-refractivity contribution in [3.63, 3.8) is 0 Å². The van der Waals surface area contributed by atoms with Gasteiger partial charge in [0.25, 0.3) is 0 Å². The zero-order valence-corrected chi connectivity index (χ0v) is 13.8. The fourth-order valence-electron chi connectivity index (χ4n) is 2.62. The van der Waals surface area contributed by atoms with E-state index in [1.54, 1.807) is 7.11 Å². The van der Waals surface area contributed by atoms with E-state index in [1.165, 1.54) is 0 Å². The van der Waals surface area contributed by atoms with Gasteiger partial charge in [-0.3, -0.25) is 0 Å². The molecule has 2 atom stereocenters. The van der Waals surface area contributed by atoms with E-state index in [1.807, 2.05) is 18.2 Å². The maximum Gasteiger partial charge on any atom is 0.121 e. The second-order valence-corrected chi connectivity index (χ2v) is 7.05. The predicted octanol–water partition coefficient (Wildman–Crippen LogP) is 3.56. The fraction of sp³-hybridized carbons (Fsp3) is 0.625. The average molecular weight is 297 g/mol. The van der Waals surface area contributed by atoms with Crippen LogP contribution in [0.2, 0.25) is 5.02 Å². The van der Waals surface area contributed by atoms with E-state index in [-0.39, 0.29) is 5.41 Å². The number of rotatable bonds is 2. The van der Waals surface area contributed by atoms with Crippen LogP contribution in [-0.2, 0) is 0 Å². The number of anilines is 1. The molecule has 0 radical (unpaired) electrons. The number of benzene rings is 1. The summed E-state index contributed by atoms with van der Waals surface area (Å²) in [7, 11) is 1.69. The van der Waals surface area contributed by atoms with Gasteiger partial charge in [-0.05, 0) is 24.5 Å². The largest absolute Gasteiger partial charge is 0.497 e. The van der Waals surface area contributed by atoms with Crippen LogP contribution in [0.3, 0.4) is 0 Å². The normalized spacial score (nSPS) is 23.8. The molecule has 1 saturated heterocycles. The summed E-state index contributed by atoms with van der Waals surface area (Å²) in [6.45, 7) is 11.0. The number of hydrogen-bond donors (Lipinski definition) is 1. The Morgan fingerprint density at radius 3 is 2.65 bits per heavy atom. The lowest BCUT2D eigenvalue weighted by molar-refractivity contribution is 0.239. The summed E-state index contributed by atoms with van der Waals surface area (Å²) in [5, 5.41) is 4.43. The van der Waals surface area contributed by atoms with Crippen molar-refractivity contribution in [2.75, 3.05) is 25.1 Å². The van der Waals surface area contributed by atoms with Gasteiger partial charge < -0.3 is 15.0 Å². The zero-order valence-electron chi connectivity index (χ0n) is 13.0. The highest BCUT2D eigenvalue weighted by Crippen LogP contribution is 2.34. The molecule has 4 heteroatoms. The van der Waals surface area contributed by atoms with Crippen LogP contribution < -0.4 is 15.0 Å². The number of hydrogen-bond acceptors (Lipinski definition) is 3. The van der Waals surface area contributed by atoms with E-state index < -0.39 is 0 Å². The Labute approximate surface area is 127 Å². The van der Waals surface area contributed by atoms with Crippen LogP contribution in [0.5, 0.6) is 5.75 Å². The average Bonchev–Trinajstić information content (AvgIpc) is 2.39. The zero-order chi connectivity index (χ0) is 14.9. The summed E-state index contributed by atoms with van der Waals surface area (Å²) in [4.78, 5) is 2.39. The lowest BCUT2D eigenvalue weighted by Crippen LogP contribution is -2.59. The molecule has 1 fully saturated rings. The summed E-state index contributed by atoms with van der Waals surface area (Å²) in [6, 6.07) is 6.71. The third-order valence-electron chi connectivity index (χ3n) is 4.08. The molecule has 2 unspecified atom stereocenters. The number of methoxy groups -OCH3 is 1. The van der Waals surface area contributed by atoms with Gasteiger partial charge in [0.15, 0.2) is 0 Å². The van der Waals surface area contributed by atoms with Gasteiger partial charge in [0, 0.05) is 31.2 Å². The molecule has 0 aliphatic carbocycles. The Bertz CT molecular complexity index is 470. The molecule has 0 aromatic heterocycles. The highest BCUT2D eigenvalue weighted by atomic mass is 35.5. The first-order valence-corrected chi connectivity index (χ1v) is 7.54. The van der Waals surface area contributed by atoms with E-state index >= 15 is 0 Å². The molecular formula is C16H25ClN2O. The van der Waals surface area contributed by atoms with Crippen molar-refractivity contribution < 1.29 is 4.74 Å². The molecule has 0 bridgehead atoms. The molecule has 2 rings (SSSR count). The van der Waals surface area contributed by atoms with Crippen LogP contribution in [0.4, 0.5) is 5.69 Å². The van der Waals surface area contributed by atoms with Crippen LogP contribution in [0.25, 0.3) is 0 Å². The molecule has 0 amide bonds. The molecule has 20 heavy (non-hydrogen) atoms. The Hall–Kier alpha value is -0.930. The number of ether oxygens (including phenoxy) is 1. The second kappa shape index (κ2) is 5.82. The van der Waals surface area contributed by atoms with E-state index in [4.69, 9.17) is 16.3 Å². The van der Waals surface area contributed by atoms with Gasteiger partial charge in [0.1, 0.15) is 5.75 Å². The minimum absolute atomic E-state index is 0.226. The molecule has 3 nitrogen and oxygen atoms in total. The first-order chi connectivity index (χ1) is 9.32. The maximum absolute atomic E-state index is 6.40. The predicted molar refractivity (Wildman–Crippen MR) is 86.1 cm³/mol. The number of nitrogens with one attached hydrogen (secondary N) is 1. The van der Waals surface area contributed by atoms with Crippen LogP contribution in [0.1, 0.15) is 27.7 Å². The van der Waals surface area contributed by atoms with Crippen molar-refractivity contribution in [1.29, 1.82) is 0 Å². The second-order valence-electron chi connectivity index (χ2n) is 6.65. The van der Waals surface area contributed by atoms with Crippen molar-refractivity contribution in [2.45, 2.75) is 39.8 Å². The van der Waals surface area contributed by atoms with Gasteiger partial charge >= 0.3 is 0 Å². The number of halogens is 1. The fourth-order valence-corrected chi connectivity index (χ4v) is 2.85. The van der Waals surface area contributed by atoms with Gasteiger partial charge in [0.2, 0.25) is 0 Å². The standard InChI is InChI=1S/C16H25ClN2O/c1-11-9-18-15(16(2,3)4)10-19(11)14-8-12(20-5)6-7-13(14)17/h6-8,11,15,18H,9-10H2,1-5H3. The first-order valence-electron chi connectivity index (χ1n) is 7.16. The first kappa shape index (κ1) is 15.5. The Morgan fingerprint density at radius 2 is 2.05 bits per heavy atom. The molecule has 1 heterocycles. The SMILES string of the molecule is COc1ccc(Cl)c(N2CC(C(C)(C)C)NCC2C)c1. The monoisotopic (exact) mass is 296 g/mol. The minimum atomic E-state index is 0.226. The number of nitrogens with zero attached hydrogens (tertiary/aromatic N) is 1. The quantitative estimate of drug-likeness (QED) is 0.903. The molecular weight excluding hydrogens is 272 g/mol. The Morgan fingerprint density at radius 1 is 1.35 bits per heavy atom. The highest BCUT2D eigenvalue weighted by molar-refractivity contribution is 6.33.